The number of carbonyl (C=O) groups excluding carboxylic acids is 1. The number of hydrogen-bond donors (Lipinski definition) is 2. The minimum atomic E-state index is -0.347. The van der Waals surface area contributed by atoms with E-state index in [-0.39, 0.29) is 22.9 Å². The van der Waals surface area contributed by atoms with Gasteiger partial charge in [0.25, 0.3) is 5.56 Å². The average molecular weight is 466 g/mol. The second-order valence-electron chi connectivity index (χ2n) is 7.18. The van der Waals surface area contributed by atoms with E-state index in [0.29, 0.717) is 22.4 Å². The van der Waals surface area contributed by atoms with Gasteiger partial charge in [0.05, 0.1) is 24.2 Å². The Bertz CT molecular complexity index is 1340. The van der Waals surface area contributed by atoms with Crippen LogP contribution >= 0.6 is 11.8 Å². The Morgan fingerprint density at radius 2 is 1.82 bits per heavy atom. The lowest BCUT2D eigenvalue weighted by atomic mass is 10.2. The number of hydrogen-bond acceptors (Lipinski definition) is 7. The predicted molar refractivity (Wildman–Crippen MR) is 127 cm³/mol. The van der Waals surface area contributed by atoms with Gasteiger partial charge < -0.3 is 15.9 Å². The van der Waals surface area contributed by atoms with Gasteiger partial charge in [-0.2, -0.15) is 0 Å². The quantitative estimate of drug-likeness (QED) is 0.317. The van der Waals surface area contributed by atoms with Crippen LogP contribution in [0, 0.1) is 6.92 Å². The van der Waals surface area contributed by atoms with Gasteiger partial charge in [-0.25, -0.2) is 9.36 Å². The number of anilines is 1. The van der Waals surface area contributed by atoms with Gasteiger partial charge in [0, 0.05) is 12.6 Å². The molecule has 1 amide bonds. The molecule has 4 aromatic rings. The molecule has 0 spiro atoms. The summed E-state index contributed by atoms with van der Waals surface area (Å²) in [6.45, 7) is 1.78. The first-order valence-corrected chi connectivity index (χ1v) is 11.0. The number of para-hydroxylation sites is 1. The minimum Gasteiger partial charge on any atom is -0.497 e. The van der Waals surface area contributed by atoms with E-state index in [1.165, 1.54) is 9.36 Å². The van der Waals surface area contributed by atoms with E-state index in [1.807, 2.05) is 42.5 Å². The van der Waals surface area contributed by atoms with Gasteiger partial charge in [-0.05, 0) is 43.3 Å². The van der Waals surface area contributed by atoms with Crippen molar-refractivity contribution in [1.82, 2.24) is 24.2 Å². The lowest BCUT2D eigenvalue weighted by Crippen LogP contribution is -2.23. The first kappa shape index (κ1) is 22.2. The number of thioether (sulfide) groups is 1. The molecule has 0 radical (unpaired) electrons. The Kier molecular flexibility index (Phi) is 6.22. The van der Waals surface area contributed by atoms with Crippen molar-refractivity contribution >= 4 is 23.4 Å². The molecule has 0 unspecified atom stereocenters. The summed E-state index contributed by atoms with van der Waals surface area (Å²) in [6, 6.07) is 16.5. The highest BCUT2D eigenvalue weighted by molar-refractivity contribution is 7.99. The van der Waals surface area contributed by atoms with Crippen LogP contribution in [0.15, 0.2) is 64.5 Å². The number of nitrogens with two attached hydrogens (primary N) is 1. The molecule has 0 aliphatic rings. The molecule has 10 nitrogen and oxygen atoms in total. The summed E-state index contributed by atoms with van der Waals surface area (Å²) in [7, 11) is 3.36. The molecule has 2 aromatic heterocycles. The lowest BCUT2D eigenvalue weighted by Gasteiger charge is -2.07. The van der Waals surface area contributed by atoms with Crippen molar-refractivity contribution < 1.29 is 9.53 Å². The fourth-order valence-electron chi connectivity index (χ4n) is 3.33. The molecule has 170 valence electrons. The zero-order valence-corrected chi connectivity index (χ0v) is 19.2. The first-order valence-electron chi connectivity index (χ1n) is 10.0. The van der Waals surface area contributed by atoms with E-state index in [2.05, 4.69) is 15.5 Å². The van der Waals surface area contributed by atoms with Crippen LogP contribution in [0.5, 0.6) is 5.75 Å². The second-order valence-corrected chi connectivity index (χ2v) is 8.12. The molecule has 4 rings (SSSR count). The Hall–Kier alpha value is -3.99. The number of nitrogens with zero attached hydrogens (tertiary/aromatic N) is 5. The Labute approximate surface area is 193 Å². The minimum absolute atomic E-state index is 0.0110. The molecule has 2 heterocycles. The molecule has 11 heteroatoms. The van der Waals surface area contributed by atoms with Crippen molar-refractivity contribution in [2.75, 3.05) is 24.0 Å². The van der Waals surface area contributed by atoms with Gasteiger partial charge >= 0.3 is 0 Å². The second kappa shape index (κ2) is 9.25. The molecule has 0 aliphatic carbocycles. The summed E-state index contributed by atoms with van der Waals surface area (Å²) in [5.41, 5.74) is 2.06. The standard InChI is InChI=1S/C22H23N7O3S/c1-14-19(21(31)29(27(14)2)16-7-5-4-6-8-16)24-18(30)13-33-22-26-25-20(28(22)23)15-9-11-17(32-3)12-10-15/h4-12H,13,23H2,1-3H3,(H,24,30). The summed E-state index contributed by atoms with van der Waals surface area (Å²) in [5.74, 6) is 6.98. The van der Waals surface area contributed by atoms with Crippen LogP contribution in [0.25, 0.3) is 17.1 Å². The van der Waals surface area contributed by atoms with E-state index in [0.717, 1.165) is 23.1 Å². The molecule has 0 saturated carbocycles. The number of amides is 1. The number of aromatic nitrogens is 5. The Morgan fingerprint density at radius 1 is 1.12 bits per heavy atom. The van der Waals surface area contributed by atoms with Gasteiger partial charge in [-0.3, -0.25) is 14.3 Å². The predicted octanol–water partition coefficient (Wildman–Crippen LogP) is 2.20. The van der Waals surface area contributed by atoms with Crippen molar-refractivity contribution in [3.63, 3.8) is 0 Å². The zero-order valence-electron chi connectivity index (χ0n) is 18.3. The van der Waals surface area contributed by atoms with Gasteiger partial charge in [-0.1, -0.05) is 30.0 Å². The molecule has 0 atom stereocenters. The summed E-state index contributed by atoms with van der Waals surface area (Å²) in [5, 5.41) is 11.3. The van der Waals surface area contributed by atoms with E-state index in [1.54, 1.807) is 37.9 Å². The Balaban J connectivity index is 1.47. The van der Waals surface area contributed by atoms with Crippen LogP contribution < -0.4 is 21.5 Å². The number of nitrogens with one attached hydrogen (secondary N) is 1. The third kappa shape index (κ3) is 4.35. The van der Waals surface area contributed by atoms with Crippen molar-refractivity contribution in [3.05, 3.63) is 70.6 Å². The normalized spacial score (nSPS) is 10.9. The summed E-state index contributed by atoms with van der Waals surface area (Å²) in [4.78, 5) is 25.6. The number of carbonyl (C=O) groups is 1. The fraction of sp³-hybridized carbons (Fsp3) is 0.182. The molecule has 0 bridgehead atoms. The van der Waals surface area contributed by atoms with Crippen molar-refractivity contribution in [3.8, 4) is 22.8 Å². The molecular weight excluding hydrogens is 442 g/mol. The molecule has 0 aliphatic heterocycles. The maximum atomic E-state index is 12.9. The number of ether oxygens (including phenoxy) is 1. The SMILES string of the molecule is COc1ccc(-c2nnc(SCC(=O)Nc3c(C)n(C)n(-c4ccccc4)c3=O)n2N)cc1. The first-order chi connectivity index (χ1) is 15.9. The summed E-state index contributed by atoms with van der Waals surface area (Å²) in [6.07, 6.45) is 0. The van der Waals surface area contributed by atoms with Gasteiger partial charge in [-0.15, -0.1) is 10.2 Å². The fourth-order valence-corrected chi connectivity index (χ4v) is 3.99. The van der Waals surface area contributed by atoms with Crippen molar-refractivity contribution in [1.29, 1.82) is 0 Å². The van der Waals surface area contributed by atoms with Crippen molar-refractivity contribution in [2.24, 2.45) is 7.05 Å². The van der Waals surface area contributed by atoms with Gasteiger partial charge in [0.2, 0.25) is 11.1 Å². The topological polar surface area (TPSA) is 122 Å². The van der Waals surface area contributed by atoms with E-state index >= 15 is 0 Å². The maximum absolute atomic E-state index is 12.9. The highest BCUT2D eigenvalue weighted by atomic mass is 32.2. The number of nitrogen functional groups attached to an aromatic ring is 1. The van der Waals surface area contributed by atoms with E-state index in [4.69, 9.17) is 10.6 Å². The highest BCUT2D eigenvalue weighted by Gasteiger charge is 2.19. The highest BCUT2D eigenvalue weighted by Crippen LogP contribution is 2.24. The molecule has 33 heavy (non-hydrogen) atoms. The van der Waals surface area contributed by atoms with Crippen LogP contribution in [-0.4, -0.2) is 43.0 Å². The third-order valence-electron chi connectivity index (χ3n) is 5.16. The number of methoxy groups -OCH3 is 1. The van der Waals surface area contributed by atoms with Crippen LogP contribution in [0.3, 0.4) is 0 Å². The molecule has 3 N–H and O–H groups in total. The molecule has 2 aromatic carbocycles. The van der Waals surface area contributed by atoms with Crippen LogP contribution in [-0.2, 0) is 11.8 Å². The van der Waals surface area contributed by atoms with Crippen LogP contribution in [0.1, 0.15) is 5.69 Å². The van der Waals surface area contributed by atoms with E-state index < -0.39 is 0 Å². The largest absolute Gasteiger partial charge is 0.497 e. The number of rotatable bonds is 7. The zero-order chi connectivity index (χ0) is 23.5. The Morgan fingerprint density at radius 3 is 2.48 bits per heavy atom. The third-order valence-corrected chi connectivity index (χ3v) is 6.11. The molecule has 0 fully saturated rings. The average Bonchev–Trinajstić information content (AvgIpc) is 3.30. The smallest absolute Gasteiger partial charge is 0.295 e. The molecule has 0 saturated heterocycles. The summed E-state index contributed by atoms with van der Waals surface area (Å²) < 4.78 is 9.70. The van der Waals surface area contributed by atoms with Gasteiger partial charge in [0.15, 0.2) is 5.82 Å². The number of benzene rings is 2. The summed E-state index contributed by atoms with van der Waals surface area (Å²) >= 11 is 1.13. The lowest BCUT2D eigenvalue weighted by molar-refractivity contribution is -0.113. The maximum Gasteiger partial charge on any atom is 0.295 e. The van der Waals surface area contributed by atoms with Crippen molar-refractivity contribution in [2.45, 2.75) is 12.1 Å². The van der Waals surface area contributed by atoms with E-state index in [9.17, 15) is 9.59 Å². The molecular formula is C22H23N7O3S. The monoisotopic (exact) mass is 465 g/mol. The van der Waals surface area contributed by atoms with Crippen LogP contribution in [0.2, 0.25) is 0 Å². The van der Waals surface area contributed by atoms with Crippen LogP contribution in [0.4, 0.5) is 5.69 Å². The van der Waals surface area contributed by atoms with Gasteiger partial charge in [0.1, 0.15) is 11.4 Å².